The molecule has 4 aromatic carbocycles. The van der Waals surface area contributed by atoms with Gasteiger partial charge in [0.2, 0.25) is 0 Å². The molecule has 37 heavy (non-hydrogen) atoms. The minimum absolute atomic E-state index is 0. The van der Waals surface area contributed by atoms with Crippen molar-refractivity contribution in [3.05, 3.63) is 83.3 Å². The number of hydrogen-bond donors (Lipinski definition) is 1. The van der Waals surface area contributed by atoms with Crippen LogP contribution in [0.5, 0.6) is 11.5 Å². The first-order valence-electron chi connectivity index (χ1n) is 10.7. The van der Waals surface area contributed by atoms with Gasteiger partial charge in [-0.3, -0.25) is 0 Å². The minimum atomic E-state index is 0. The Morgan fingerprint density at radius 2 is 1.05 bits per heavy atom. The second-order valence-electron chi connectivity index (χ2n) is 7.31. The molecule has 1 radical (unpaired) electrons. The zero-order valence-electron chi connectivity index (χ0n) is 19.5. The van der Waals surface area contributed by atoms with Gasteiger partial charge in [-0.2, -0.15) is 0 Å². The van der Waals surface area contributed by atoms with Gasteiger partial charge in [-0.1, -0.05) is 37.8 Å². The van der Waals surface area contributed by atoms with E-state index in [0.717, 1.165) is 60.1 Å². The van der Waals surface area contributed by atoms with Gasteiger partial charge < -0.3 is 9.47 Å². The summed E-state index contributed by atoms with van der Waals surface area (Å²) in [5, 5.41) is 0. The standard InChI is InChI=1S/C13H9BrN2O.C13H10N2O.CH4.BHNS/c1-17-11-7-6-8(14)12-13(11)16-10-5-3-2-4-9(10)15-12;1-16-12-8-4-7-11-13(12)15-10-6-3-2-5-9(10)14-11;;1-2-3/h2-7H,1H3;2-8H,1H3;1H4;3H. The van der Waals surface area contributed by atoms with Crippen LogP contribution < -0.4 is 9.47 Å². The van der Waals surface area contributed by atoms with E-state index in [4.69, 9.17) is 9.47 Å². The molecule has 0 atom stereocenters. The normalized spacial score (nSPS) is 10.0. The number of rotatable bonds is 2. The van der Waals surface area contributed by atoms with Crippen molar-refractivity contribution in [1.82, 2.24) is 19.9 Å². The Labute approximate surface area is 230 Å². The van der Waals surface area contributed by atoms with Crippen LogP contribution in [0.25, 0.3) is 44.1 Å². The molecular weight excluding hydrogens is 549 g/mol. The van der Waals surface area contributed by atoms with Crippen LogP contribution in [0, 0.1) is 0 Å². The van der Waals surface area contributed by atoms with E-state index in [-0.39, 0.29) is 7.43 Å². The van der Waals surface area contributed by atoms with E-state index in [9.17, 15) is 0 Å². The average molecular weight is 573 g/mol. The zero-order valence-corrected chi connectivity index (χ0v) is 21.9. The molecule has 185 valence electrons. The third-order valence-electron chi connectivity index (χ3n) is 5.18. The van der Waals surface area contributed by atoms with Gasteiger partial charge in [-0.05, 0) is 64.5 Å². The summed E-state index contributed by atoms with van der Waals surface area (Å²) >= 11 is 6.68. The summed E-state index contributed by atoms with van der Waals surface area (Å²) in [6.07, 6.45) is 0. The van der Waals surface area contributed by atoms with E-state index in [1.165, 1.54) is 0 Å². The Bertz CT molecular complexity index is 1690. The molecule has 2 heterocycles. The summed E-state index contributed by atoms with van der Waals surface area (Å²) in [6.45, 7) is 0. The van der Waals surface area contributed by atoms with Crippen molar-refractivity contribution in [1.29, 1.82) is 0 Å². The Morgan fingerprint density at radius 1 is 0.622 bits per heavy atom. The number of halogens is 1. The topological polar surface area (TPSA) is 82.4 Å². The van der Waals surface area contributed by atoms with Crippen molar-refractivity contribution in [2.75, 3.05) is 14.2 Å². The van der Waals surface area contributed by atoms with Crippen LogP contribution in [0.1, 0.15) is 7.43 Å². The Balaban J connectivity index is 0.000000182. The van der Waals surface area contributed by atoms with Gasteiger partial charge in [0.15, 0.2) is 0 Å². The maximum atomic E-state index is 5.31. The quantitative estimate of drug-likeness (QED) is 0.135. The Hall–Kier alpha value is -3.63. The second kappa shape index (κ2) is 13.1. The van der Waals surface area contributed by atoms with Crippen molar-refractivity contribution in [3.8, 4) is 11.5 Å². The molecule has 0 saturated heterocycles. The fourth-order valence-corrected chi connectivity index (χ4v) is 4.00. The number of hydrogen-bond acceptors (Lipinski definition) is 8. The Morgan fingerprint density at radius 3 is 1.59 bits per heavy atom. The molecule has 2 aromatic heterocycles. The van der Waals surface area contributed by atoms with Crippen LogP contribution >= 0.6 is 28.7 Å². The average Bonchev–Trinajstić information content (AvgIpc) is 2.92. The molecule has 0 unspecified atom stereocenters. The number of benzene rings is 4. The van der Waals surface area contributed by atoms with Crippen molar-refractivity contribution >= 4 is 80.5 Å². The summed E-state index contributed by atoms with van der Waals surface area (Å²) < 4.78 is 14.2. The van der Waals surface area contributed by atoms with Gasteiger partial charge in [0.1, 0.15) is 28.0 Å². The zero-order chi connectivity index (χ0) is 25.5. The number of para-hydroxylation sites is 5. The van der Waals surface area contributed by atoms with E-state index >= 15 is 0 Å². The number of methoxy groups -OCH3 is 2. The van der Waals surface area contributed by atoms with E-state index in [1.54, 1.807) is 14.2 Å². The van der Waals surface area contributed by atoms with Crippen molar-refractivity contribution < 1.29 is 9.47 Å². The first-order chi connectivity index (χ1) is 17.6. The maximum absolute atomic E-state index is 5.31. The van der Waals surface area contributed by atoms with Gasteiger partial charge in [0, 0.05) is 4.47 Å². The van der Waals surface area contributed by atoms with Crippen molar-refractivity contribution in [2.24, 2.45) is 4.30 Å². The van der Waals surface area contributed by atoms with E-state index in [0.29, 0.717) is 0 Å². The van der Waals surface area contributed by atoms with Crippen LogP contribution in [-0.4, -0.2) is 41.8 Å². The molecular formula is C27H24BBrN5O2S. The molecule has 0 aliphatic heterocycles. The van der Waals surface area contributed by atoms with Gasteiger partial charge in [-0.15, -0.1) is 0 Å². The number of aromatic nitrogens is 4. The molecule has 0 saturated carbocycles. The molecule has 0 aliphatic rings. The van der Waals surface area contributed by atoms with Crippen LogP contribution in [0.15, 0.2) is 87.6 Å². The summed E-state index contributed by atoms with van der Waals surface area (Å²) in [7, 11) is 7.62. The first kappa shape index (κ1) is 28.0. The molecule has 0 N–H and O–H groups in total. The van der Waals surface area contributed by atoms with E-state index in [2.05, 4.69) is 60.6 Å². The predicted molar refractivity (Wildman–Crippen MR) is 159 cm³/mol. The van der Waals surface area contributed by atoms with Gasteiger partial charge in [0.05, 0.1) is 41.8 Å². The molecule has 7 nitrogen and oxygen atoms in total. The fourth-order valence-electron chi connectivity index (χ4n) is 3.59. The predicted octanol–water partition coefficient (Wildman–Crippen LogP) is 7.17. The third-order valence-corrected chi connectivity index (χ3v) is 5.82. The van der Waals surface area contributed by atoms with E-state index < -0.39 is 0 Å². The third kappa shape index (κ3) is 6.21. The molecule has 0 bridgehead atoms. The van der Waals surface area contributed by atoms with Crippen molar-refractivity contribution in [3.63, 3.8) is 0 Å². The van der Waals surface area contributed by atoms with Gasteiger partial charge in [0.25, 0.3) is 0 Å². The molecule has 6 rings (SSSR count). The van der Waals surface area contributed by atoms with Crippen LogP contribution in [0.3, 0.4) is 0 Å². The van der Waals surface area contributed by atoms with Crippen LogP contribution in [0.4, 0.5) is 0 Å². The molecule has 0 spiro atoms. The fraction of sp³-hybridized carbons (Fsp3) is 0.111. The SMILES string of the molecule is C.COc1ccc(Br)c2nc3ccccc3nc12.COc1cccc2nc3ccccc3nc12.[B]=NS. The summed E-state index contributed by atoms with van der Waals surface area (Å²) in [6, 6.07) is 25.2. The number of ether oxygens (including phenoxy) is 2. The molecule has 0 amide bonds. The van der Waals surface area contributed by atoms with Crippen molar-refractivity contribution in [2.45, 2.75) is 7.43 Å². The number of nitrogens with zero attached hydrogens (tertiary/aromatic N) is 5. The van der Waals surface area contributed by atoms with Gasteiger partial charge in [-0.25, -0.2) is 19.9 Å². The Kier molecular flexibility index (Phi) is 9.88. The van der Waals surface area contributed by atoms with Crippen LogP contribution in [0.2, 0.25) is 0 Å². The molecule has 6 aromatic rings. The summed E-state index contributed by atoms with van der Waals surface area (Å²) in [5.41, 5.74) is 6.82. The monoisotopic (exact) mass is 572 g/mol. The first-order valence-corrected chi connectivity index (χ1v) is 11.9. The van der Waals surface area contributed by atoms with E-state index in [1.807, 2.05) is 78.9 Å². The number of fused-ring (bicyclic) bond motifs is 4. The molecule has 10 heteroatoms. The number of thiol groups is 1. The summed E-state index contributed by atoms with van der Waals surface area (Å²) in [5.74, 6) is 1.50. The van der Waals surface area contributed by atoms with Gasteiger partial charge >= 0.3 is 24.8 Å². The summed E-state index contributed by atoms with van der Waals surface area (Å²) in [4.78, 5) is 18.3. The molecule has 0 fully saturated rings. The van der Waals surface area contributed by atoms with Crippen LogP contribution in [-0.2, 0) is 0 Å². The second-order valence-corrected chi connectivity index (χ2v) is 8.40. The molecule has 0 aliphatic carbocycles.